The highest BCUT2D eigenvalue weighted by molar-refractivity contribution is 7.11. The highest BCUT2D eigenvalue weighted by Crippen LogP contribution is 2.55. The van der Waals surface area contributed by atoms with Gasteiger partial charge in [-0.3, -0.25) is 14.7 Å². The number of carbonyl (C=O) groups excluding carboxylic acids is 2. The molecule has 0 unspecified atom stereocenters. The van der Waals surface area contributed by atoms with Crippen molar-refractivity contribution in [2.24, 2.45) is 10.4 Å². The van der Waals surface area contributed by atoms with Crippen LogP contribution in [0.4, 0.5) is 4.39 Å². The number of hydrogen-bond donors (Lipinski definition) is 2. The largest absolute Gasteiger partial charge is 0.466 e. The molecule has 1 amide bonds. The van der Waals surface area contributed by atoms with Gasteiger partial charge in [0.15, 0.2) is 10.8 Å². The average molecular weight is 518 g/mol. The van der Waals surface area contributed by atoms with Gasteiger partial charge in [-0.25, -0.2) is 14.2 Å². The van der Waals surface area contributed by atoms with Crippen molar-refractivity contribution in [1.29, 1.82) is 0 Å². The Balaban J connectivity index is 1.60. The van der Waals surface area contributed by atoms with Crippen molar-refractivity contribution >= 4 is 40.6 Å². The van der Waals surface area contributed by atoms with E-state index in [1.165, 1.54) is 36.6 Å². The summed E-state index contributed by atoms with van der Waals surface area (Å²) in [5.74, 6) is -0.626. The van der Waals surface area contributed by atoms with E-state index >= 15 is 0 Å². The summed E-state index contributed by atoms with van der Waals surface area (Å²) in [6.45, 7) is 1.07. The van der Waals surface area contributed by atoms with Crippen molar-refractivity contribution in [3.05, 3.63) is 62.5 Å². The van der Waals surface area contributed by atoms with Crippen molar-refractivity contribution < 1.29 is 18.7 Å². The first-order chi connectivity index (χ1) is 16.8. The molecule has 2 N–H and O–H groups in total. The van der Waals surface area contributed by atoms with E-state index in [4.69, 9.17) is 21.3 Å². The average Bonchev–Trinajstić information content (AvgIpc) is 3.22. The smallest absolute Gasteiger partial charge is 0.338 e. The highest BCUT2D eigenvalue weighted by Gasteiger charge is 2.54. The van der Waals surface area contributed by atoms with E-state index in [1.54, 1.807) is 13.2 Å². The molecule has 1 saturated heterocycles. The fourth-order valence-corrected chi connectivity index (χ4v) is 5.80. The number of likely N-dealkylation sites (N-methyl/N-ethyl adjacent to an activating group) is 1. The molecule has 2 aliphatic heterocycles. The van der Waals surface area contributed by atoms with Gasteiger partial charge in [0.05, 0.1) is 18.7 Å². The number of methoxy groups -OCH3 is 1. The lowest BCUT2D eigenvalue weighted by Crippen LogP contribution is -2.46. The summed E-state index contributed by atoms with van der Waals surface area (Å²) in [5, 5.41) is 8.68. The molecule has 1 aromatic heterocycles. The molecule has 0 radical (unpaired) electrons. The van der Waals surface area contributed by atoms with Crippen LogP contribution >= 0.6 is 22.9 Å². The molecular formula is C24H25ClFN5O3S. The molecule has 2 atom stereocenters. The van der Waals surface area contributed by atoms with Crippen LogP contribution in [0.15, 0.2) is 46.0 Å². The van der Waals surface area contributed by atoms with E-state index in [0.29, 0.717) is 28.6 Å². The van der Waals surface area contributed by atoms with E-state index in [-0.39, 0.29) is 28.0 Å². The fraction of sp³-hybridized carbons (Fsp3) is 0.417. The zero-order valence-electron chi connectivity index (χ0n) is 19.3. The molecule has 1 aromatic carbocycles. The third kappa shape index (κ3) is 4.57. The molecule has 0 bridgehead atoms. The number of rotatable bonds is 6. The molecular weight excluding hydrogens is 493 g/mol. The third-order valence-corrected chi connectivity index (χ3v) is 8.00. The minimum Gasteiger partial charge on any atom is -0.466 e. The van der Waals surface area contributed by atoms with Gasteiger partial charge in [0, 0.05) is 48.0 Å². The van der Waals surface area contributed by atoms with Crippen LogP contribution in [0.25, 0.3) is 0 Å². The molecule has 1 spiro atoms. The van der Waals surface area contributed by atoms with Crippen molar-refractivity contribution in [3.63, 3.8) is 0 Å². The van der Waals surface area contributed by atoms with E-state index in [0.717, 1.165) is 25.8 Å². The third-order valence-electron chi connectivity index (χ3n) is 6.90. The Bertz CT molecular complexity index is 1230. The second kappa shape index (κ2) is 9.33. The molecule has 3 aliphatic rings. The van der Waals surface area contributed by atoms with Crippen LogP contribution in [-0.2, 0) is 14.3 Å². The van der Waals surface area contributed by atoms with Gasteiger partial charge in [0.1, 0.15) is 11.9 Å². The Morgan fingerprint density at radius 2 is 2.20 bits per heavy atom. The summed E-state index contributed by atoms with van der Waals surface area (Å²) in [5.41, 5.74) is 1.47. The second-order valence-electron chi connectivity index (χ2n) is 9.13. The Hall–Kier alpha value is -2.82. The van der Waals surface area contributed by atoms with Crippen LogP contribution in [0.3, 0.4) is 0 Å². The monoisotopic (exact) mass is 517 g/mol. The summed E-state index contributed by atoms with van der Waals surface area (Å²) in [7, 11) is 2.94. The Labute approximate surface area is 211 Å². The van der Waals surface area contributed by atoms with Gasteiger partial charge >= 0.3 is 5.97 Å². The number of thiazole rings is 1. The molecule has 35 heavy (non-hydrogen) atoms. The number of amidine groups is 1. The number of carbonyl (C=O) groups is 2. The summed E-state index contributed by atoms with van der Waals surface area (Å²) in [4.78, 5) is 37.0. The number of nitrogens with zero attached hydrogens (tertiary/aromatic N) is 3. The summed E-state index contributed by atoms with van der Waals surface area (Å²) in [6, 6.07) is 2.88. The standard InChI is InChI=1S/C24H25ClFN5O3S/c1-27-21(32)17-10-24(5-6-24)12-31(17)11-16-18(23(33)34-2)19(14-4-3-13(26)9-15(14)25)30-20(29-16)22-28-7-8-35-22/h3-4,7-9,17,19H,5-6,10-12H2,1-2H3,(H,27,32)(H,29,30)/t17-,19-/m0/s1. The number of esters is 1. The number of aliphatic imine (C=N–C) groups is 1. The number of benzene rings is 1. The normalized spacial score (nSPS) is 23.1. The fourth-order valence-electron chi connectivity index (χ4n) is 4.95. The molecule has 5 rings (SSSR count). The van der Waals surface area contributed by atoms with Crippen molar-refractivity contribution in [2.75, 3.05) is 27.2 Å². The lowest BCUT2D eigenvalue weighted by atomic mass is 9.95. The maximum Gasteiger partial charge on any atom is 0.338 e. The summed E-state index contributed by atoms with van der Waals surface area (Å²) < 4.78 is 19.0. The van der Waals surface area contributed by atoms with Crippen LogP contribution < -0.4 is 10.6 Å². The zero-order chi connectivity index (χ0) is 24.7. The van der Waals surface area contributed by atoms with Crippen LogP contribution in [0.2, 0.25) is 5.02 Å². The lowest BCUT2D eigenvalue weighted by molar-refractivity contribution is -0.136. The van der Waals surface area contributed by atoms with E-state index < -0.39 is 17.8 Å². The van der Waals surface area contributed by atoms with Crippen LogP contribution in [-0.4, -0.2) is 60.9 Å². The topological polar surface area (TPSA) is 95.9 Å². The van der Waals surface area contributed by atoms with Crippen LogP contribution in [0.5, 0.6) is 0 Å². The minimum atomic E-state index is -0.832. The number of amides is 1. The van der Waals surface area contributed by atoms with Gasteiger partial charge in [-0.05, 0) is 36.8 Å². The van der Waals surface area contributed by atoms with Gasteiger partial charge in [-0.1, -0.05) is 17.7 Å². The predicted molar refractivity (Wildman–Crippen MR) is 131 cm³/mol. The first kappa shape index (κ1) is 23.9. The van der Waals surface area contributed by atoms with Gasteiger partial charge in [0.2, 0.25) is 5.91 Å². The first-order valence-electron chi connectivity index (χ1n) is 11.3. The summed E-state index contributed by atoms with van der Waals surface area (Å²) in [6.07, 6.45) is 4.64. The highest BCUT2D eigenvalue weighted by atomic mass is 35.5. The van der Waals surface area contributed by atoms with E-state index in [9.17, 15) is 14.0 Å². The Morgan fingerprint density at radius 1 is 1.40 bits per heavy atom. The number of aromatic nitrogens is 1. The van der Waals surface area contributed by atoms with Crippen LogP contribution in [0, 0.1) is 11.2 Å². The SMILES string of the molecule is CNC(=O)[C@@H]1CC2(CC2)CN1CC1=C(C(=O)OC)[C@H](c2ccc(F)cc2Cl)N=C(c2nccs2)N1. The maximum atomic E-state index is 13.8. The molecule has 1 saturated carbocycles. The maximum absolute atomic E-state index is 13.8. The molecule has 3 heterocycles. The Kier molecular flexibility index (Phi) is 6.37. The van der Waals surface area contributed by atoms with E-state index in [1.807, 2.05) is 5.38 Å². The van der Waals surface area contributed by atoms with Gasteiger partial charge in [-0.2, -0.15) is 0 Å². The molecule has 184 valence electrons. The van der Waals surface area contributed by atoms with Crippen molar-refractivity contribution in [2.45, 2.75) is 31.3 Å². The molecule has 2 aromatic rings. The van der Waals surface area contributed by atoms with Gasteiger partial charge in [0.25, 0.3) is 0 Å². The van der Waals surface area contributed by atoms with Gasteiger partial charge in [-0.15, -0.1) is 11.3 Å². The Morgan fingerprint density at radius 3 is 2.83 bits per heavy atom. The number of hydrogen-bond acceptors (Lipinski definition) is 8. The molecule has 2 fully saturated rings. The molecule has 1 aliphatic carbocycles. The molecule has 11 heteroatoms. The number of ether oxygens (including phenoxy) is 1. The summed E-state index contributed by atoms with van der Waals surface area (Å²) >= 11 is 7.81. The lowest BCUT2D eigenvalue weighted by Gasteiger charge is -2.31. The van der Waals surface area contributed by atoms with Crippen LogP contribution in [0.1, 0.15) is 35.9 Å². The minimum absolute atomic E-state index is 0.0447. The predicted octanol–water partition coefficient (Wildman–Crippen LogP) is 3.05. The number of nitrogens with one attached hydrogen (secondary N) is 2. The number of likely N-dealkylation sites (tertiary alicyclic amines) is 1. The molecule has 8 nitrogen and oxygen atoms in total. The zero-order valence-corrected chi connectivity index (χ0v) is 20.9. The second-order valence-corrected chi connectivity index (χ2v) is 10.4. The van der Waals surface area contributed by atoms with E-state index in [2.05, 4.69) is 20.5 Å². The quantitative estimate of drug-likeness (QED) is 0.572. The van der Waals surface area contributed by atoms with Crippen molar-refractivity contribution in [1.82, 2.24) is 20.5 Å². The number of halogens is 2. The van der Waals surface area contributed by atoms with Crippen molar-refractivity contribution in [3.8, 4) is 0 Å². The van der Waals surface area contributed by atoms with Gasteiger partial charge < -0.3 is 15.4 Å². The first-order valence-corrected chi connectivity index (χ1v) is 12.6.